The number of nitrogens with one attached hydrogen (secondary N) is 3. The van der Waals surface area contributed by atoms with Gasteiger partial charge in [0.05, 0.1) is 11.9 Å². The van der Waals surface area contributed by atoms with E-state index in [9.17, 15) is 19.2 Å². The summed E-state index contributed by atoms with van der Waals surface area (Å²) in [5, 5.41) is 7.99. The molecule has 3 atom stereocenters. The Kier molecular flexibility index (Phi) is 13.2. The molecule has 1 aromatic carbocycles. The van der Waals surface area contributed by atoms with E-state index in [-0.39, 0.29) is 11.7 Å². The lowest BCUT2D eigenvalue weighted by Gasteiger charge is -2.22. The van der Waals surface area contributed by atoms with Gasteiger partial charge in [-0.2, -0.15) is 0 Å². The minimum Gasteiger partial charge on any atom is -0.388 e. The minimum absolute atomic E-state index is 0.185. The van der Waals surface area contributed by atoms with E-state index in [0.717, 1.165) is 12.8 Å². The maximum Gasteiger partial charge on any atom is 0.243 e. The topological polar surface area (TPSA) is 143 Å². The van der Waals surface area contributed by atoms with E-state index in [0.29, 0.717) is 38.1 Å². The number of carbonyl (C=O) groups excluding carboxylic acids is 4. The van der Waals surface area contributed by atoms with Gasteiger partial charge in [0.15, 0.2) is 5.78 Å². The Hall–Kier alpha value is -3.23. The smallest absolute Gasteiger partial charge is 0.243 e. The summed E-state index contributed by atoms with van der Waals surface area (Å²) in [7, 11) is 0. The molecule has 3 amide bonds. The summed E-state index contributed by atoms with van der Waals surface area (Å²) < 4.78 is 0. The molecule has 34 heavy (non-hydrogen) atoms. The molecule has 0 heterocycles. The molecular formula is C25H39N5O4. The molecule has 0 bridgehead atoms. The van der Waals surface area contributed by atoms with Gasteiger partial charge < -0.3 is 21.7 Å². The number of ketones is 1. The zero-order valence-corrected chi connectivity index (χ0v) is 20.7. The van der Waals surface area contributed by atoms with Crippen LogP contribution in [0.1, 0.15) is 65.4 Å². The second kappa shape index (κ2) is 15.6. The number of amidine groups is 1. The van der Waals surface area contributed by atoms with Crippen molar-refractivity contribution in [2.24, 2.45) is 10.7 Å². The summed E-state index contributed by atoms with van der Waals surface area (Å²) in [6.45, 7) is 6.63. The molecular weight excluding hydrogens is 434 g/mol. The molecule has 0 fully saturated rings. The lowest BCUT2D eigenvalue weighted by Crippen LogP contribution is -2.54. The first kappa shape index (κ1) is 28.8. The van der Waals surface area contributed by atoms with Crippen LogP contribution in [0.5, 0.6) is 0 Å². The third kappa shape index (κ3) is 12.1. The Morgan fingerprint density at radius 1 is 0.882 bits per heavy atom. The zero-order chi connectivity index (χ0) is 25.5. The predicted octanol–water partition coefficient (Wildman–Crippen LogP) is 1.64. The Labute approximate surface area is 202 Å². The van der Waals surface area contributed by atoms with Crippen molar-refractivity contribution in [1.29, 1.82) is 0 Å². The van der Waals surface area contributed by atoms with Crippen molar-refractivity contribution in [2.75, 3.05) is 6.54 Å². The van der Waals surface area contributed by atoms with Crippen LogP contribution in [0.4, 0.5) is 0 Å². The summed E-state index contributed by atoms with van der Waals surface area (Å²) >= 11 is 0. The fraction of sp³-hybridized carbons (Fsp3) is 0.560. The predicted molar refractivity (Wildman–Crippen MR) is 133 cm³/mol. The van der Waals surface area contributed by atoms with E-state index >= 15 is 0 Å². The number of carbonyl (C=O) groups is 4. The number of aryl methyl sites for hydroxylation is 1. The van der Waals surface area contributed by atoms with Crippen LogP contribution in [-0.4, -0.2) is 54.0 Å². The highest BCUT2D eigenvalue weighted by Crippen LogP contribution is 2.06. The number of unbranched alkanes of at least 4 members (excludes halogenated alkanes) is 1. The van der Waals surface area contributed by atoms with Gasteiger partial charge in [0.1, 0.15) is 12.1 Å². The zero-order valence-electron chi connectivity index (χ0n) is 20.7. The molecule has 0 aliphatic heterocycles. The van der Waals surface area contributed by atoms with Gasteiger partial charge in [-0.25, -0.2) is 0 Å². The highest BCUT2D eigenvalue weighted by molar-refractivity contribution is 5.93. The first-order valence-electron chi connectivity index (χ1n) is 11.8. The first-order valence-corrected chi connectivity index (χ1v) is 11.8. The van der Waals surface area contributed by atoms with Crippen LogP contribution in [0.25, 0.3) is 0 Å². The molecule has 188 valence electrons. The van der Waals surface area contributed by atoms with Gasteiger partial charge in [-0.3, -0.25) is 24.2 Å². The summed E-state index contributed by atoms with van der Waals surface area (Å²) in [6.07, 6.45) is 3.64. The quantitative estimate of drug-likeness (QED) is 0.174. The van der Waals surface area contributed by atoms with Crippen LogP contribution in [0.15, 0.2) is 35.3 Å². The fourth-order valence-electron chi connectivity index (χ4n) is 3.17. The third-order valence-corrected chi connectivity index (χ3v) is 5.35. The number of aliphatic imine (C=N–C) groups is 1. The number of hydrogen-bond donors (Lipinski definition) is 4. The molecule has 0 radical (unpaired) electrons. The molecule has 5 N–H and O–H groups in total. The first-order chi connectivity index (χ1) is 16.1. The molecule has 0 aromatic heterocycles. The van der Waals surface area contributed by atoms with E-state index in [1.54, 1.807) is 20.8 Å². The van der Waals surface area contributed by atoms with Crippen molar-refractivity contribution < 1.29 is 19.2 Å². The molecule has 0 spiro atoms. The number of nitrogens with zero attached hydrogens (tertiary/aromatic N) is 1. The number of nitrogens with two attached hydrogens (primary N) is 1. The van der Waals surface area contributed by atoms with E-state index in [4.69, 9.17) is 5.73 Å². The van der Waals surface area contributed by atoms with Crippen LogP contribution in [0, 0.1) is 0 Å². The average molecular weight is 474 g/mol. The minimum atomic E-state index is -0.854. The normalized spacial score (nSPS) is 13.9. The Balaban J connectivity index is 2.54. The summed E-state index contributed by atoms with van der Waals surface area (Å²) in [4.78, 5) is 53.1. The third-order valence-electron chi connectivity index (χ3n) is 5.35. The lowest BCUT2D eigenvalue weighted by atomic mass is 10.1. The number of Topliss-reactive ketones (excluding diaryl/α,β-unsaturated/α-hetero) is 1. The van der Waals surface area contributed by atoms with Gasteiger partial charge in [-0.1, -0.05) is 30.3 Å². The number of amides is 3. The molecule has 0 saturated heterocycles. The van der Waals surface area contributed by atoms with Crippen LogP contribution >= 0.6 is 0 Å². The fourth-order valence-corrected chi connectivity index (χ4v) is 3.17. The van der Waals surface area contributed by atoms with Crippen molar-refractivity contribution >= 4 is 29.3 Å². The van der Waals surface area contributed by atoms with Crippen LogP contribution in [0.3, 0.4) is 0 Å². The highest BCUT2D eigenvalue weighted by Gasteiger charge is 2.25. The molecule has 1 aromatic rings. The maximum absolute atomic E-state index is 12.6. The molecule has 0 unspecified atom stereocenters. The van der Waals surface area contributed by atoms with Gasteiger partial charge in [0, 0.05) is 13.0 Å². The van der Waals surface area contributed by atoms with Gasteiger partial charge in [0.2, 0.25) is 17.7 Å². The van der Waals surface area contributed by atoms with Crippen molar-refractivity contribution in [2.45, 2.75) is 84.3 Å². The van der Waals surface area contributed by atoms with Crippen LogP contribution in [-0.2, 0) is 25.6 Å². The van der Waals surface area contributed by atoms with Crippen molar-refractivity contribution in [1.82, 2.24) is 16.0 Å². The second-order valence-electron chi connectivity index (χ2n) is 8.55. The molecule has 9 heteroatoms. The summed E-state index contributed by atoms with van der Waals surface area (Å²) in [6, 6.07) is 7.74. The van der Waals surface area contributed by atoms with Gasteiger partial charge in [-0.05, 0) is 65.4 Å². The highest BCUT2D eigenvalue weighted by atomic mass is 16.2. The Bertz CT molecular complexity index is 837. The molecule has 9 nitrogen and oxygen atoms in total. The van der Waals surface area contributed by atoms with E-state index in [2.05, 4.69) is 33.1 Å². The van der Waals surface area contributed by atoms with Crippen LogP contribution in [0.2, 0.25) is 0 Å². The van der Waals surface area contributed by atoms with Crippen molar-refractivity contribution in [3.05, 3.63) is 35.9 Å². The number of rotatable bonds is 15. The summed E-state index contributed by atoms with van der Waals surface area (Å²) in [5.41, 5.74) is 6.76. The molecule has 0 aliphatic rings. The molecule has 0 saturated carbocycles. The molecule has 0 aliphatic carbocycles. The SMILES string of the molecule is CC(=O)[C@H](C)NC(=O)[C@H](CCCN=C(C)N)NC(=O)[C@H](C)NC(=O)CCCCc1ccccc1. The monoisotopic (exact) mass is 473 g/mol. The van der Waals surface area contributed by atoms with E-state index < -0.39 is 29.9 Å². The summed E-state index contributed by atoms with van der Waals surface area (Å²) in [5.74, 6) is -0.879. The number of hydrogen-bond acceptors (Lipinski definition) is 5. The second-order valence-corrected chi connectivity index (χ2v) is 8.55. The van der Waals surface area contributed by atoms with Gasteiger partial charge >= 0.3 is 0 Å². The van der Waals surface area contributed by atoms with Crippen molar-refractivity contribution in [3.63, 3.8) is 0 Å². The van der Waals surface area contributed by atoms with Gasteiger partial charge in [-0.15, -0.1) is 0 Å². The van der Waals surface area contributed by atoms with Crippen LogP contribution < -0.4 is 21.7 Å². The van der Waals surface area contributed by atoms with E-state index in [1.807, 2.05) is 18.2 Å². The standard InChI is InChI=1S/C25H39N5O4/c1-17(19(3)31)29-25(34)22(14-10-16-27-20(4)26)30-24(33)18(2)28-23(32)15-9-8-13-21-11-6-5-7-12-21/h5-7,11-12,17-18,22H,8-10,13-16H2,1-4H3,(H2,26,27)(H,28,32)(H,29,34)(H,30,33)/t17-,18-,22-/m0/s1. The average Bonchev–Trinajstić information content (AvgIpc) is 2.78. The maximum atomic E-state index is 12.6. The van der Waals surface area contributed by atoms with E-state index in [1.165, 1.54) is 12.5 Å². The number of benzene rings is 1. The lowest BCUT2D eigenvalue weighted by molar-refractivity contribution is -0.133. The molecule has 1 rings (SSSR count). The van der Waals surface area contributed by atoms with Crippen molar-refractivity contribution in [3.8, 4) is 0 Å². The Morgan fingerprint density at radius 2 is 1.56 bits per heavy atom. The Morgan fingerprint density at radius 3 is 2.18 bits per heavy atom. The van der Waals surface area contributed by atoms with Gasteiger partial charge in [0.25, 0.3) is 0 Å². The largest absolute Gasteiger partial charge is 0.388 e.